The zero-order valence-corrected chi connectivity index (χ0v) is 11.8. The van der Waals surface area contributed by atoms with E-state index in [0.29, 0.717) is 5.69 Å². The Kier molecular flexibility index (Phi) is 5.53. The highest BCUT2D eigenvalue weighted by molar-refractivity contribution is 6.68. The Labute approximate surface area is 123 Å². The van der Waals surface area contributed by atoms with E-state index in [1.807, 2.05) is 0 Å². The topological polar surface area (TPSA) is 55.4 Å². The summed E-state index contributed by atoms with van der Waals surface area (Å²) in [5.41, 5.74) is 0.590. The van der Waals surface area contributed by atoms with Crippen LogP contribution in [0.5, 0.6) is 0 Å². The number of halogens is 4. The standard InChI is InChI=1S/C10H7Cl4NO3/c11-8(16)6-2-1-3-7(4-6)15-9(17)18-5-10(12,13)14/h1-4H,5H2,(H,15,17). The molecule has 0 aromatic heterocycles. The Morgan fingerprint density at radius 2 is 1.94 bits per heavy atom. The number of benzene rings is 1. The zero-order chi connectivity index (χ0) is 13.8. The molecule has 0 atom stereocenters. The largest absolute Gasteiger partial charge is 0.445 e. The van der Waals surface area contributed by atoms with Gasteiger partial charge >= 0.3 is 6.09 Å². The first-order valence-electron chi connectivity index (χ1n) is 4.58. The highest BCUT2D eigenvalue weighted by Crippen LogP contribution is 2.26. The molecule has 1 N–H and O–H groups in total. The van der Waals surface area contributed by atoms with E-state index >= 15 is 0 Å². The summed E-state index contributed by atoms with van der Waals surface area (Å²) in [7, 11) is 0. The third kappa shape index (κ3) is 5.78. The molecule has 0 aliphatic heterocycles. The van der Waals surface area contributed by atoms with Crippen molar-refractivity contribution >= 4 is 63.4 Å². The van der Waals surface area contributed by atoms with Gasteiger partial charge in [0.15, 0.2) is 0 Å². The van der Waals surface area contributed by atoms with Crippen LogP contribution in [0.3, 0.4) is 0 Å². The molecule has 1 rings (SSSR count). The van der Waals surface area contributed by atoms with Crippen molar-refractivity contribution in [1.82, 2.24) is 0 Å². The normalized spacial score (nSPS) is 10.9. The lowest BCUT2D eigenvalue weighted by molar-refractivity contribution is 0.108. The van der Waals surface area contributed by atoms with Gasteiger partial charge in [0.2, 0.25) is 3.79 Å². The van der Waals surface area contributed by atoms with Crippen LogP contribution < -0.4 is 5.32 Å². The van der Waals surface area contributed by atoms with E-state index in [1.54, 1.807) is 12.1 Å². The number of alkyl halides is 3. The van der Waals surface area contributed by atoms with Crippen molar-refractivity contribution in [3.63, 3.8) is 0 Å². The third-order valence-corrected chi connectivity index (χ3v) is 2.25. The van der Waals surface area contributed by atoms with Crippen LogP contribution in [0.4, 0.5) is 10.5 Å². The van der Waals surface area contributed by atoms with Gasteiger partial charge in [0.1, 0.15) is 6.61 Å². The second kappa shape index (κ2) is 6.48. The van der Waals surface area contributed by atoms with E-state index in [9.17, 15) is 9.59 Å². The minimum absolute atomic E-state index is 0.246. The van der Waals surface area contributed by atoms with Gasteiger partial charge in [-0.25, -0.2) is 4.79 Å². The molecule has 98 valence electrons. The Morgan fingerprint density at radius 1 is 1.28 bits per heavy atom. The summed E-state index contributed by atoms with van der Waals surface area (Å²) in [5.74, 6) is 0. The number of amides is 1. The maximum Gasteiger partial charge on any atom is 0.411 e. The average molecular weight is 331 g/mol. The maximum absolute atomic E-state index is 11.3. The Bertz CT molecular complexity index is 459. The van der Waals surface area contributed by atoms with E-state index in [1.165, 1.54) is 12.1 Å². The van der Waals surface area contributed by atoms with Crippen LogP contribution in [0.2, 0.25) is 0 Å². The predicted molar refractivity (Wildman–Crippen MR) is 71.9 cm³/mol. The van der Waals surface area contributed by atoms with Crippen molar-refractivity contribution < 1.29 is 14.3 Å². The lowest BCUT2D eigenvalue weighted by atomic mass is 10.2. The van der Waals surface area contributed by atoms with Crippen molar-refractivity contribution in [3.8, 4) is 0 Å². The predicted octanol–water partition coefficient (Wildman–Crippen LogP) is 3.98. The summed E-state index contributed by atoms with van der Waals surface area (Å²) < 4.78 is 2.97. The molecule has 0 spiro atoms. The van der Waals surface area contributed by atoms with Crippen LogP contribution in [-0.4, -0.2) is 21.7 Å². The molecular weight excluding hydrogens is 324 g/mol. The molecule has 0 heterocycles. The number of carbonyl (C=O) groups is 2. The number of hydrogen-bond acceptors (Lipinski definition) is 3. The number of anilines is 1. The molecule has 0 saturated heterocycles. The lowest BCUT2D eigenvalue weighted by Crippen LogP contribution is -2.21. The summed E-state index contributed by atoms with van der Waals surface area (Å²) in [6.07, 6.45) is -0.805. The average Bonchev–Trinajstić information content (AvgIpc) is 2.26. The summed E-state index contributed by atoms with van der Waals surface area (Å²) in [5, 5.41) is 1.73. The minimum atomic E-state index is -1.68. The van der Waals surface area contributed by atoms with Crippen molar-refractivity contribution in [2.45, 2.75) is 3.79 Å². The van der Waals surface area contributed by atoms with E-state index in [-0.39, 0.29) is 5.56 Å². The van der Waals surface area contributed by atoms with Crippen molar-refractivity contribution in [1.29, 1.82) is 0 Å². The minimum Gasteiger partial charge on any atom is -0.445 e. The third-order valence-electron chi connectivity index (χ3n) is 1.70. The van der Waals surface area contributed by atoms with Crippen LogP contribution in [0, 0.1) is 0 Å². The van der Waals surface area contributed by atoms with Crippen LogP contribution >= 0.6 is 46.4 Å². The maximum atomic E-state index is 11.3. The van der Waals surface area contributed by atoms with Crippen molar-refractivity contribution in [2.75, 3.05) is 11.9 Å². The summed E-state index contributed by atoms with van der Waals surface area (Å²) in [6.45, 7) is -0.391. The molecule has 4 nitrogen and oxygen atoms in total. The Hall–Kier alpha value is -0.680. The first kappa shape index (κ1) is 15.4. The van der Waals surface area contributed by atoms with Gasteiger partial charge in [-0.1, -0.05) is 40.9 Å². The molecule has 0 aliphatic carbocycles. The Balaban J connectivity index is 2.59. The highest BCUT2D eigenvalue weighted by Gasteiger charge is 2.22. The molecule has 0 fully saturated rings. The molecule has 0 radical (unpaired) electrons. The first-order valence-corrected chi connectivity index (χ1v) is 6.09. The van der Waals surface area contributed by atoms with Crippen LogP contribution in [0.25, 0.3) is 0 Å². The smallest absolute Gasteiger partial charge is 0.411 e. The SMILES string of the molecule is O=C(Nc1cccc(C(=O)Cl)c1)OCC(Cl)(Cl)Cl. The van der Waals surface area contributed by atoms with Crippen molar-refractivity contribution in [3.05, 3.63) is 29.8 Å². The van der Waals surface area contributed by atoms with Crippen LogP contribution in [0.1, 0.15) is 10.4 Å². The molecule has 0 unspecified atom stereocenters. The number of carbonyl (C=O) groups excluding carboxylic acids is 2. The molecule has 0 aliphatic rings. The van der Waals surface area contributed by atoms with Crippen molar-refractivity contribution in [2.24, 2.45) is 0 Å². The van der Waals surface area contributed by atoms with Gasteiger partial charge < -0.3 is 4.74 Å². The zero-order valence-electron chi connectivity index (χ0n) is 8.75. The van der Waals surface area contributed by atoms with Gasteiger partial charge in [-0.15, -0.1) is 0 Å². The first-order chi connectivity index (χ1) is 8.28. The van der Waals surface area contributed by atoms with Gasteiger partial charge in [-0.2, -0.15) is 0 Å². The molecule has 1 amide bonds. The lowest BCUT2D eigenvalue weighted by Gasteiger charge is -2.12. The van der Waals surface area contributed by atoms with E-state index in [4.69, 9.17) is 46.4 Å². The van der Waals surface area contributed by atoms with Gasteiger partial charge in [0.25, 0.3) is 5.24 Å². The number of ether oxygens (including phenoxy) is 1. The van der Waals surface area contributed by atoms with Crippen LogP contribution in [-0.2, 0) is 4.74 Å². The van der Waals surface area contributed by atoms with E-state index in [0.717, 1.165) is 0 Å². The Morgan fingerprint density at radius 3 is 2.50 bits per heavy atom. The molecule has 1 aromatic rings. The monoisotopic (exact) mass is 329 g/mol. The van der Waals surface area contributed by atoms with E-state index < -0.39 is 21.7 Å². The van der Waals surface area contributed by atoms with E-state index in [2.05, 4.69) is 10.1 Å². The van der Waals surface area contributed by atoms with Gasteiger partial charge in [-0.3, -0.25) is 10.1 Å². The quantitative estimate of drug-likeness (QED) is 0.673. The molecule has 0 saturated carbocycles. The molecule has 0 bridgehead atoms. The van der Waals surface area contributed by atoms with Gasteiger partial charge in [-0.05, 0) is 29.8 Å². The fourth-order valence-electron chi connectivity index (χ4n) is 1.02. The highest BCUT2D eigenvalue weighted by atomic mass is 35.6. The fraction of sp³-hybridized carbons (Fsp3) is 0.200. The number of nitrogens with one attached hydrogen (secondary N) is 1. The second-order valence-electron chi connectivity index (χ2n) is 3.17. The van der Waals surface area contributed by atoms with Gasteiger partial charge in [0, 0.05) is 11.3 Å². The second-order valence-corrected chi connectivity index (χ2v) is 6.03. The molecule has 1 aromatic carbocycles. The van der Waals surface area contributed by atoms with Crippen LogP contribution in [0.15, 0.2) is 24.3 Å². The summed E-state index contributed by atoms with van der Waals surface area (Å²) in [4.78, 5) is 22.2. The number of hydrogen-bond donors (Lipinski definition) is 1. The molecule has 18 heavy (non-hydrogen) atoms. The summed E-state index contributed by atoms with van der Waals surface area (Å²) >= 11 is 21.5. The summed E-state index contributed by atoms with van der Waals surface area (Å²) in [6, 6.07) is 6.01. The number of rotatable bonds is 3. The van der Waals surface area contributed by atoms with Gasteiger partial charge in [0.05, 0.1) is 0 Å². The fourth-order valence-corrected chi connectivity index (χ4v) is 1.30. The molecule has 8 heteroatoms. The molecular formula is C10H7Cl4NO3.